The Morgan fingerprint density at radius 1 is 1.31 bits per heavy atom. The van der Waals surface area contributed by atoms with Crippen LogP contribution >= 0.6 is 11.3 Å². The number of anilines is 1. The minimum atomic E-state index is -0.00216. The molecule has 0 unspecified atom stereocenters. The SMILES string of the molecule is Cc1ccc2sc(-c3ccnc(NCCN4CCNC4=O)n3)c(C)c2c1. The molecule has 6 nitrogen and oxygen atoms in total. The second-order valence-electron chi connectivity index (χ2n) is 6.47. The van der Waals surface area contributed by atoms with E-state index in [9.17, 15) is 4.79 Å². The van der Waals surface area contributed by atoms with Crippen LogP contribution in [-0.2, 0) is 0 Å². The number of rotatable bonds is 5. The first-order valence-corrected chi connectivity index (χ1v) is 9.53. The topological polar surface area (TPSA) is 70.2 Å². The van der Waals surface area contributed by atoms with Gasteiger partial charge in [-0.15, -0.1) is 11.3 Å². The lowest BCUT2D eigenvalue weighted by Gasteiger charge is -2.14. The normalized spacial score (nSPS) is 14.1. The molecule has 2 N–H and O–H groups in total. The van der Waals surface area contributed by atoms with E-state index >= 15 is 0 Å². The van der Waals surface area contributed by atoms with Gasteiger partial charge in [0.15, 0.2) is 0 Å². The molecule has 3 aromatic rings. The maximum Gasteiger partial charge on any atom is 0.317 e. The molecule has 2 aromatic heterocycles. The zero-order valence-corrected chi connectivity index (χ0v) is 15.7. The fourth-order valence-electron chi connectivity index (χ4n) is 3.18. The van der Waals surface area contributed by atoms with Crippen molar-refractivity contribution in [3.05, 3.63) is 41.6 Å². The van der Waals surface area contributed by atoms with Crippen LogP contribution in [0.1, 0.15) is 11.1 Å². The van der Waals surface area contributed by atoms with Gasteiger partial charge in [-0.2, -0.15) is 0 Å². The third-order valence-electron chi connectivity index (χ3n) is 4.59. The predicted octanol–water partition coefficient (Wildman–Crippen LogP) is 3.41. The molecule has 4 rings (SSSR count). The molecular formula is C19H21N5OS. The first-order valence-electron chi connectivity index (χ1n) is 8.71. The van der Waals surface area contributed by atoms with Gasteiger partial charge in [-0.05, 0) is 36.9 Å². The van der Waals surface area contributed by atoms with Gasteiger partial charge in [-0.1, -0.05) is 17.7 Å². The van der Waals surface area contributed by atoms with Crippen LogP contribution in [0.5, 0.6) is 0 Å². The summed E-state index contributed by atoms with van der Waals surface area (Å²) in [6.07, 6.45) is 1.78. The van der Waals surface area contributed by atoms with E-state index < -0.39 is 0 Å². The van der Waals surface area contributed by atoms with Gasteiger partial charge in [0.25, 0.3) is 0 Å². The van der Waals surface area contributed by atoms with Gasteiger partial charge in [-0.25, -0.2) is 14.8 Å². The number of carbonyl (C=O) groups excluding carboxylic acids is 1. The lowest BCUT2D eigenvalue weighted by atomic mass is 10.1. The van der Waals surface area contributed by atoms with Crippen LogP contribution < -0.4 is 10.6 Å². The number of urea groups is 1. The van der Waals surface area contributed by atoms with E-state index in [-0.39, 0.29) is 6.03 Å². The third-order valence-corrected chi connectivity index (χ3v) is 5.89. The van der Waals surface area contributed by atoms with E-state index in [4.69, 9.17) is 0 Å². The first kappa shape index (κ1) is 16.8. The number of aryl methyl sites for hydroxylation is 2. The van der Waals surface area contributed by atoms with Crippen LogP contribution in [0.15, 0.2) is 30.5 Å². The van der Waals surface area contributed by atoms with Gasteiger partial charge in [0, 0.05) is 37.1 Å². The van der Waals surface area contributed by atoms with Crippen molar-refractivity contribution in [1.82, 2.24) is 20.2 Å². The standard InChI is InChI=1S/C19H21N5OS/c1-12-3-4-16-14(11-12)13(2)17(26-16)15-5-6-20-18(23-15)21-7-9-24-10-8-22-19(24)25/h3-6,11H,7-10H2,1-2H3,(H,22,25)(H,20,21,23). The number of thiophene rings is 1. The number of hydrogen-bond donors (Lipinski definition) is 2. The molecule has 3 heterocycles. The quantitative estimate of drug-likeness (QED) is 0.725. The van der Waals surface area contributed by atoms with Crippen LogP contribution in [0.2, 0.25) is 0 Å². The van der Waals surface area contributed by atoms with Crippen molar-refractivity contribution in [2.75, 3.05) is 31.5 Å². The monoisotopic (exact) mass is 367 g/mol. The maximum absolute atomic E-state index is 11.6. The summed E-state index contributed by atoms with van der Waals surface area (Å²) >= 11 is 1.76. The van der Waals surface area contributed by atoms with E-state index in [1.165, 1.54) is 26.1 Å². The van der Waals surface area contributed by atoms with Crippen molar-refractivity contribution >= 4 is 33.4 Å². The number of amides is 2. The molecule has 0 spiro atoms. The molecule has 1 saturated heterocycles. The lowest BCUT2D eigenvalue weighted by molar-refractivity contribution is 0.219. The molecule has 0 atom stereocenters. The molecule has 1 fully saturated rings. The summed E-state index contributed by atoms with van der Waals surface area (Å²) in [4.78, 5) is 23.5. The highest BCUT2D eigenvalue weighted by Crippen LogP contribution is 2.37. The Morgan fingerprint density at radius 2 is 2.19 bits per heavy atom. The van der Waals surface area contributed by atoms with Gasteiger partial charge < -0.3 is 15.5 Å². The smallest absolute Gasteiger partial charge is 0.317 e. The Bertz CT molecular complexity index is 968. The average Bonchev–Trinajstić information content (AvgIpc) is 3.19. The Hall–Kier alpha value is -2.67. The molecule has 0 aliphatic carbocycles. The highest BCUT2D eigenvalue weighted by Gasteiger charge is 2.18. The first-order chi connectivity index (χ1) is 12.6. The van der Waals surface area contributed by atoms with Crippen LogP contribution in [0.4, 0.5) is 10.7 Å². The van der Waals surface area contributed by atoms with Crippen molar-refractivity contribution in [2.24, 2.45) is 0 Å². The Balaban J connectivity index is 1.52. The van der Waals surface area contributed by atoms with Crippen LogP contribution in [-0.4, -0.2) is 47.1 Å². The minimum absolute atomic E-state index is 0.00216. The summed E-state index contributed by atoms with van der Waals surface area (Å²) in [6.45, 7) is 7.00. The number of aromatic nitrogens is 2. The van der Waals surface area contributed by atoms with Gasteiger partial charge in [0.2, 0.25) is 5.95 Å². The van der Waals surface area contributed by atoms with Crippen molar-refractivity contribution in [3.8, 4) is 10.6 Å². The molecule has 26 heavy (non-hydrogen) atoms. The molecule has 134 valence electrons. The zero-order valence-electron chi connectivity index (χ0n) is 14.9. The van der Waals surface area contributed by atoms with Crippen LogP contribution in [0.3, 0.4) is 0 Å². The third kappa shape index (κ3) is 3.22. The summed E-state index contributed by atoms with van der Waals surface area (Å²) in [5, 5.41) is 7.32. The van der Waals surface area contributed by atoms with Crippen LogP contribution in [0.25, 0.3) is 20.7 Å². The second-order valence-corrected chi connectivity index (χ2v) is 7.52. The fraction of sp³-hybridized carbons (Fsp3) is 0.316. The van der Waals surface area contributed by atoms with Gasteiger partial charge in [0.1, 0.15) is 0 Å². The number of benzene rings is 1. The molecule has 0 saturated carbocycles. The van der Waals surface area contributed by atoms with E-state index in [0.717, 1.165) is 18.8 Å². The van der Waals surface area contributed by atoms with Crippen LogP contribution in [0, 0.1) is 13.8 Å². The van der Waals surface area contributed by atoms with E-state index in [1.807, 2.05) is 6.07 Å². The van der Waals surface area contributed by atoms with E-state index in [1.54, 1.807) is 22.4 Å². The highest BCUT2D eigenvalue weighted by molar-refractivity contribution is 7.22. The van der Waals surface area contributed by atoms with Gasteiger partial charge in [-0.3, -0.25) is 0 Å². The average molecular weight is 367 g/mol. The zero-order chi connectivity index (χ0) is 18.1. The Labute approximate surface area is 156 Å². The molecule has 2 amide bonds. The molecule has 1 aromatic carbocycles. The number of carbonyl (C=O) groups is 1. The highest BCUT2D eigenvalue weighted by atomic mass is 32.1. The molecule has 1 aliphatic heterocycles. The van der Waals surface area contributed by atoms with Crippen molar-refractivity contribution < 1.29 is 4.79 Å². The Kier molecular flexibility index (Phi) is 4.46. The number of hydrogen-bond acceptors (Lipinski definition) is 5. The maximum atomic E-state index is 11.6. The molecule has 1 aliphatic rings. The number of nitrogens with one attached hydrogen (secondary N) is 2. The van der Waals surface area contributed by atoms with Crippen molar-refractivity contribution in [3.63, 3.8) is 0 Å². The lowest BCUT2D eigenvalue weighted by Crippen LogP contribution is -2.32. The molecular weight excluding hydrogens is 346 g/mol. The molecule has 0 bridgehead atoms. The molecule has 7 heteroatoms. The number of fused-ring (bicyclic) bond motifs is 1. The predicted molar refractivity (Wildman–Crippen MR) is 106 cm³/mol. The summed E-state index contributed by atoms with van der Waals surface area (Å²) in [6, 6.07) is 8.49. The van der Waals surface area contributed by atoms with Gasteiger partial charge in [0.05, 0.1) is 10.6 Å². The minimum Gasteiger partial charge on any atom is -0.352 e. The Morgan fingerprint density at radius 3 is 3.00 bits per heavy atom. The second kappa shape index (κ2) is 6.92. The summed E-state index contributed by atoms with van der Waals surface area (Å²) in [7, 11) is 0. The summed E-state index contributed by atoms with van der Waals surface area (Å²) < 4.78 is 1.27. The van der Waals surface area contributed by atoms with E-state index in [2.05, 4.69) is 52.6 Å². The van der Waals surface area contributed by atoms with Crippen molar-refractivity contribution in [2.45, 2.75) is 13.8 Å². The molecule has 0 radical (unpaired) electrons. The summed E-state index contributed by atoms with van der Waals surface area (Å²) in [5.41, 5.74) is 3.45. The largest absolute Gasteiger partial charge is 0.352 e. The van der Waals surface area contributed by atoms with Gasteiger partial charge >= 0.3 is 6.03 Å². The summed E-state index contributed by atoms with van der Waals surface area (Å²) in [5.74, 6) is 0.593. The van der Waals surface area contributed by atoms with E-state index in [0.29, 0.717) is 19.0 Å². The number of nitrogens with zero attached hydrogens (tertiary/aromatic N) is 3. The fourth-order valence-corrected chi connectivity index (χ4v) is 4.34. The van der Waals surface area contributed by atoms with Crippen molar-refractivity contribution in [1.29, 1.82) is 0 Å².